The van der Waals surface area contributed by atoms with Gasteiger partial charge in [-0.2, -0.15) is 0 Å². The third-order valence-corrected chi connectivity index (χ3v) is 3.49. The molecule has 0 saturated heterocycles. The molecule has 0 aliphatic rings. The largest absolute Gasteiger partial charge is 0.399 e. The summed E-state index contributed by atoms with van der Waals surface area (Å²) >= 11 is 0. The Balaban J connectivity index is 2.18. The molecule has 0 unspecified atom stereocenters. The molecule has 0 bridgehead atoms. The first-order valence-corrected chi connectivity index (χ1v) is 6.07. The lowest BCUT2D eigenvalue weighted by Gasteiger charge is -2.06. The first kappa shape index (κ1) is 10.9. The molecule has 1 heterocycles. The molecule has 0 spiro atoms. The van der Waals surface area contributed by atoms with Gasteiger partial charge in [0.1, 0.15) is 0 Å². The van der Waals surface area contributed by atoms with E-state index in [-0.39, 0.29) is 0 Å². The summed E-state index contributed by atoms with van der Waals surface area (Å²) in [5.74, 6) is 0. The minimum absolute atomic E-state index is 0.846. The topological polar surface area (TPSA) is 30.9 Å². The molecular weight excluding hydrogens is 220 g/mol. The predicted molar refractivity (Wildman–Crippen MR) is 77.5 cm³/mol. The van der Waals surface area contributed by atoms with E-state index in [9.17, 15) is 0 Å². The van der Waals surface area contributed by atoms with E-state index in [2.05, 4.69) is 54.2 Å². The Hall–Kier alpha value is -2.22. The van der Waals surface area contributed by atoms with Crippen LogP contribution in [-0.4, -0.2) is 4.57 Å². The van der Waals surface area contributed by atoms with Crippen LogP contribution in [0.15, 0.2) is 48.7 Å². The Morgan fingerprint density at radius 1 is 0.944 bits per heavy atom. The maximum atomic E-state index is 5.86. The normalized spacial score (nSPS) is 11.0. The van der Waals surface area contributed by atoms with Gasteiger partial charge in [0.25, 0.3) is 0 Å². The fraction of sp³-hybridized carbons (Fsp3) is 0.125. The van der Waals surface area contributed by atoms with E-state index in [0.29, 0.717) is 0 Å². The van der Waals surface area contributed by atoms with Crippen molar-refractivity contribution in [3.63, 3.8) is 0 Å². The third-order valence-electron chi connectivity index (χ3n) is 3.49. The molecule has 2 nitrogen and oxygen atoms in total. The van der Waals surface area contributed by atoms with Gasteiger partial charge in [0, 0.05) is 24.4 Å². The number of aromatic nitrogens is 1. The lowest BCUT2D eigenvalue weighted by Crippen LogP contribution is -1.90. The van der Waals surface area contributed by atoms with E-state index >= 15 is 0 Å². The van der Waals surface area contributed by atoms with Crippen LogP contribution in [0.2, 0.25) is 0 Å². The molecule has 2 N–H and O–H groups in total. The molecule has 2 heteroatoms. The molecule has 0 amide bonds. The molecule has 3 aromatic rings. The van der Waals surface area contributed by atoms with Gasteiger partial charge in [-0.15, -0.1) is 0 Å². The Kier molecular flexibility index (Phi) is 2.37. The molecule has 2 aromatic carbocycles. The third kappa shape index (κ3) is 1.66. The highest BCUT2D eigenvalue weighted by Gasteiger charge is 2.03. The standard InChI is InChI=1S/C16H16N2/c1-11-9-13(5-6-15(11)17)14-4-3-12-7-8-18(2)16(12)10-14/h3-10H,17H2,1-2H3. The quantitative estimate of drug-likeness (QED) is 0.641. The molecule has 1 aromatic heterocycles. The van der Waals surface area contributed by atoms with Crippen LogP contribution in [-0.2, 0) is 7.05 Å². The van der Waals surface area contributed by atoms with Crippen molar-refractivity contribution in [1.82, 2.24) is 4.57 Å². The molecule has 0 atom stereocenters. The number of benzene rings is 2. The number of hydrogen-bond acceptors (Lipinski definition) is 1. The van der Waals surface area contributed by atoms with E-state index < -0.39 is 0 Å². The molecule has 18 heavy (non-hydrogen) atoms. The second-order valence-electron chi connectivity index (χ2n) is 4.77. The highest BCUT2D eigenvalue weighted by molar-refractivity contribution is 5.85. The highest BCUT2D eigenvalue weighted by Crippen LogP contribution is 2.27. The fourth-order valence-electron chi connectivity index (χ4n) is 2.30. The van der Waals surface area contributed by atoms with Crippen LogP contribution in [0.1, 0.15) is 5.56 Å². The number of rotatable bonds is 1. The second kappa shape index (κ2) is 3.91. The lowest BCUT2D eigenvalue weighted by molar-refractivity contribution is 0.969. The second-order valence-corrected chi connectivity index (χ2v) is 4.77. The zero-order valence-electron chi connectivity index (χ0n) is 10.6. The number of anilines is 1. The number of fused-ring (bicyclic) bond motifs is 1. The van der Waals surface area contributed by atoms with E-state index in [4.69, 9.17) is 5.73 Å². The summed E-state index contributed by atoms with van der Waals surface area (Å²) in [7, 11) is 2.07. The first-order chi connectivity index (χ1) is 8.65. The van der Waals surface area contributed by atoms with Crippen LogP contribution in [0.3, 0.4) is 0 Å². The zero-order chi connectivity index (χ0) is 12.7. The molecule has 3 rings (SSSR count). The Morgan fingerprint density at radius 3 is 2.44 bits per heavy atom. The number of nitrogens with two attached hydrogens (primary N) is 1. The van der Waals surface area contributed by atoms with Gasteiger partial charge in [-0.3, -0.25) is 0 Å². The van der Waals surface area contributed by atoms with Crippen LogP contribution in [0.25, 0.3) is 22.0 Å². The molecule has 0 saturated carbocycles. The number of nitrogens with zero attached hydrogens (tertiary/aromatic N) is 1. The molecule has 90 valence electrons. The van der Waals surface area contributed by atoms with Crippen molar-refractivity contribution in [3.8, 4) is 11.1 Å². The van der Waals surface area contributed by atoms with E-state index in [1.807, 2.05) is 13.0 Å². The number of aryl methyl sites for hydroxylation is 2. The minimum atomic E-state index is 0.846. The Morgan fingerprint density at radius 2 is 1.67 bits per heavy atom. The number of hydrogen-bond donors (Lipinski definition) is 1. The van der Waals surface area contributed by atoms with E-state index in [0.717, 1.165) is 11.3 Å². The van der Waals surface area contributed by atoms with Crippen molar-refractivity contribution in [2.75, 3.05) is 5.73 Å². The van der Waals surface area contributed by atoms with Gasteiger partial charge in [0.2, 0.25) is 0 Å². The summed E-state index contributed by atoms with van der Waals surface area (Å²) in [5.41, 5.74) is 11.5. The van der Waals surface area contributed by atoms with Crippen molar-refractivity contribution < 1.29 is 0 Å². The Labute approximate surface area is 107 Å². The lowest BCUT2D eigenvalue weighted by atomic mass is 10.0. The van der Waals surface area contributed by atoms with E-state index in [1.165, 1.54) is 22.0 Å². The van der Waals surface area contributed by atoms with Crippen molar-refractivity contribution in [1.29, 1.82) is 0 Å². The van der Waals surface area contributed by atoms with Crippen LogP contribution in [0.4, 0.5) is 5.69 Å². The van der Waals surface area contributed by atoms with Crippen LogP contribution in [0.5, 0.6) is 0 Å². The average molecular weight is 236 g/mol. The van der Waals surface area contributed by atoms with Crippen molar-refractivity contribution in [2.45, 2.75) is 6.92 Å². The Bertz CT molecular complexity index is 723. The maximum Gasteiger partial charge on any atom is 0.0483 e. The van der Waals surface area contributed by atoms with Gasteiger partial charge in [-0.25, -0.2) is 0 Å². The van der Waals surface area contributed by atoms with Crippen molar-refractivity contribution >= 4 is 16.6 Å². The molecular formula is C16H16N2. The van der Waals surface area contributed by atoms with Gasteiger partial charge >= 0.3 is 0 Å². The van der Waals surface area contributed by atoms with Crippen LogP contribution >= 0.6 is 0 Å². The monoisotopic (exact) mass is 236 g/mol. The van der Waals surface area contributed by atoms with Gasteiger partial charge in [-0.1, -0.05) is 18.2 Å². The summed E-state index contributed by atoms with van der Waals surface area (Å²) in [5, 5.41) is 1.27. The smallest absolute Gasteiger partial charge is 0.0483 e. The van der Waals surface area contributed by atoms with Gasteiger partial charge in [-0.05, 0) is 53.3 Å². The summed E-state index contributed by atoms with van der Waals surface area (Å²) in [6, 6.07) is 14.9. The molecule has 0 fully saturated rings. The van der Waals surface area contributed by atoms with Gasteiger partial charge in [0.05, 0.1) is 0 Å². The fourth-order valence-corrected chi connectivity index (χ4v) is 2.30. The van der Waals surface area contributed by atoms with Crippen molar-refractivity contribution in [2.24, 2.45) is 7.05 Å². The van der Waals surface area contributed by atoms with E-state index in [1.54, 1.807) is 0 Å². The minimum Gasteiger partial charge on any atom is -0.399 e. The van der Waals surface area contributed by atoms with Gasteiger partial charge < -0.3 is 10.3 Å². The predicted octanol–water partition coefficient (Wildman–Crippen LogP) is 3.74. The van der Waals surface area contributed by atoms with Gasteiger partial charge in [0.15, 0.2) is 0 Å². The zero-order valence-corrected chi connectivity index (χ0v) is 10.6. The maximum absolute atomic E-state index is 5.86. The average Bonchev–Trinajstić information content (AvgIpc) is 2.74. The highest BCUT2D eigenvalue weighted by atomic mass is 14.9. The first-order valence-electron chi connectivity index (χ1n) is 6.07. The summed E-state index contributed by atoms with van der Waals surface area (Å²) in [6.07, 6.45) is 2.09. The summed E-state index contributed by atoms with van der Waals surface area (Å²) in [6.45, 7) is 2.04. The molecule has 0 radical (unpaired) electrons. The molecule has 0 aliphatic carbocycles. The summed E-state index contributed by atoms with van der Waals surface area (Å²) < 4.78 is 2.14. The molecule has 0 aliphatic heterocycles. The number of nitrogen functional groups attached to an aromatic ring is 1. The SMILES string of the molecule is Cc1cc(-c2ccc3ccn(C)c3c2)ccc1N. The summed E-state index contributed by atoms with van der Waals surface area (Å²) in [4.78, 5) is 0. The van der Waals surface area contributed by atoms with Crippen molar-refractivity contribution in [3.05, 3.63) is 54.2 Å². The van der Waals surface area contributed by atoms with Crippen LogP contribution in [0, 0.1) is 6.92 Å². The van der Waals surface area contributed by atoms with Crippen LogP contribution < -0.4 is 5.73 Å².